The number of hydrogen-bond acceptors (Lipinski definition) is 2. The molecule has 1 aromatic rings. The summed E-state index contributed by atoms with van der Waals surface area (Å²) in [5.74, 6) is 2.20. The molecule has 0 aromatic heterocycles. The average molecular weight is 336 g/mol. The van der Waals surface area contributed by atoms with Crippen molar-refractivity contribution in [2.24, 2.45) is 17.6 Å². The minimum atomic E-state index is 0.0957. The maximum absolute atomic E-state index is 6.35. The normalized spacial score (nSPS) is 33.1. The van der Waals surface area contributed by atoms with Crippen LogP contribution in [0.15, 0.2) is 34.3 Å². The van der Waals surface area contributed by atoms with Crippen molar-refractivity contribution in [1.82, 2.24) is 0 Å². The Morgan fingerprint density at radius 1 is 1.30 bits per heavy atom. The molecule has 2 N–H and O–H groups in total. The predicted octanol–water partition coefficient (Wildman–Crippen LogP) is 4.59. The van der Waals surface area contributed by atoms with Crippen LogP contribution in [0.1, 0.15) is 44.7 Å². The highest BCUT2D eigenvalue weighted by Gasteiger charge is 2.33. The van der Waals surface area contributed by atoms with Crippen LogP contribution >= 0.6 is 15.9 Å². The molecule has 2 aliphatic rings. The van der Waals surface area contributed by atoms with E-state index in [1.807, 2.05) is 6.07 Å². The maximum Gasteiger partial charge on any atom is 0.125 e. The van der Waals surface area contributed by atoms with Crippen molar-refractivity contribution in [2.75, 3.05) is 0 Å². The van der Waals surface area contributed by atoms with Crippen molar-refractivity contribution in [3.05, 3.63) is 39.9 Å². The van der Waals surface area contributed by atoms with Crippen LogP contribution in [-0.2, 0) is 0 Å². The zero-order chi connectivity index (χ0) is 14.3. The standard InChI is InChI=1S/C17H22BrNO/c1-10-5-11(2)7-12(6-10)16-9-15(19)14-4-3-13(18)8-17(14)20-16/h3-5,8,10,12,15-16H,6-7,9,19H2,1-2H3/t10?,12?,15-,16?/m0/s1. The Balaban J connectivity index is 1.82. The molecule has 0 saturated heterocycles. The molecular formula is C17H22BrNO. The van der Waals surface area contributed by atoms with Crippen LogP contribution in [0.3, 0.4) is 0 Å². The van der Waals surface area contributed by atoms with Gasteiger partial charge in [-0.2, -0.15) is 0 Å². The van der Waals surface area contributed by atoms with Gasteiger partial charge >= 0.3 is 0 Å². The highest BCUT2D eigenvalue weighted by molar-refractivity contribution is 9.10. The lowest BCUT2D eigenvalue weighted by Gasteiger charge is -2.38. The Kier molecular flexibility index (Phi) is 3.91. The number of halogens is 1. The first-order chi connectivity index (χ1) is 9.52. The molecular weight excluding hydrogens is 314 g/mol. The second-order valence-electron chi connectivity index (χ2n) is 6.37. The van der Waals surface area contributed by atoms with Gasteiger partial charge in [0.25, 0.3) is 0 Å². The van der Waals surface area contributed by atoms with Crippen LogP contribution in [0.4, 0.5) is 0 Å². The van der Waals surface area contributed by atoms with Gasteiger partial charge < -0.3 is 10.5 Å². The molecule has 0 amide bonds. The molecule has 0 fully saturated rings. The SMILES string of the molecule is CC1=CC(C)CC(C2C[C@H](N)c3ccc(Br)cc3O2)C1. The van der Waals surface area contributed by atoms with Crippen molar-refractivity contribution < 1.29 is 4.74 Å². The zero-order valence-corrected chi connectivity index (χ0v) is 13.7. The van der Waals surface area contributed by atoms with Gasteiger partial charge in [0.05, 0.1) is 0 Å². The predicted molar refractivity (Wildman–Crippen MR) is 85.7 cm³/mol. The van der Waals surface area contributed by atoms with Gasteiger partial charge in [-0.3, -0.25) is 0 Å². The lowest BCUT2D eigenvalue weighted by atomic mass is 9.78. The van der Waals surface area contributed by atoms with Crippen LogP contribution in [0.2, 0.25) is 0 Å². The third-order valence-corrected chi connectivity index (χ3v) is 4.99. The van der Waals surface area contributed by atoms with E-state index in [0.29, 0.717) is 11.8 Å². The van der Waals surface area contributed by atoms with Gasteiger partial charge in [-0.05, 0) is 37.8 Å². The maximum atomic E-state index is 6.35. The average Bonchev–Trinajstić information content (AvgIpc) is 2.36. The molecule has 1 aromatic carbocycles. The Labute approximate surface area is 129 Å². The van der Waals surface area contributed by atoms with Crippen molar-refractivity contribution >= 4 is 15.9 Å². The molecule has 20 heavy (non-hydrogen) atoms. The molecule has 108 valence electrons. The molecule has 2 nitrogen and oxygen atoms in total. The number of allylic oxidation sites excluding steroid dienone is 2. The van der Waals surface area contributed by atoms with Gasteiger partial charge in [0.15, 0.2) is 0 Å². The van der Waals surface area contributed by atoms with E-state index in [1.165, 1.54) is 12.0 Å². The van der Waals surface area contributed by atoms with Gasteiger partial charge in [0, 0.05) is 28.4 Å². The van der Waals surface area contributed by atoms with Gasteiger partial charge in [-0.25, -0.2) is 0 Å². The molecule has 3 unspecified atom stereocenters. The summed E-state index contributed by atoms with van der Waals surface area (Å²) in [6.45, 7) is 4.53. The van der Waals surface area contributed by atoms with Crippen LogP contribution < -0.4 is 10.5 Å². The fourth-order valence-corrected chi connectivity index (χ4v) is 4.01. The third-order valence-electron chi connectivity index (χ3n) is 4.49. The summed E-state index contributed by atoms with van der Waals surface area (Å²) in [5, 5.41) is 0. The smallest absolute Gasteiger partial charge is 0.125 e. The first-order valence-electron chi connectivity index (χ1n) is 7.42. The highest BCUT2D eigenvalue weighted by Crippen LogP contribution is 2.41. The summed E-state index contributed by atoms with van der Waals surface area (Å²) in [6.07, 6.45) is 5.92. The van der Waals surface area contributed by atoms with E-state index in [9.17, 15) is 0 Å². The Morgan fingerprint density at radius 2 is 2.10 bits per heavy atom. The number of rotatable bonds is 1. The fraction of sp³-hybridized carbons (Fsp3) is 0.529. The van der Waals surface area contributed by atoms with E-state index < -0.39 is 0 Å². The monoisotopic (exact) mass is 335 g/mol. The number of hydrogen-bond donors (Lipinski definition) is 1. The molecule has 0 radical (unpaired) electrons. The second-order valence-corrected chi connectivity index (χ2v) is 7.29. The van der Waals surface area contributed by atoms with Crippen LogP contribution in [0.25, 0.3) is 0 Å². The minimum absolute atomic E-state index is 0.0957. The number of fused-ring (bicyclic) bond motifs is 1. The number of benzene rings is 1. The first-order valence-corrected chi connectivity index (χ1v) is 8.21. The zero-order valence-electron chi connectivity index (χ0n) is 12.1. The van der Waals surface area contributed by atoms with Gasteiger partial charge in [-0.1, -0.05) is 40.6 Å². The molecule has 3 rings (SSSR count). The molecule has 1 aliphatic heterocycles. The van der Waals surface area contributed by atoms with E-state index in [1.54, 1.807) is 0 Å². The largest absolute Gasteiger partial charge is 0.490 e. The quantitative estimate of drug-likeness (QED) is 0.761. The lowest BCUT2D eigenvalue weighted by molar-refractivity contribution is 0.0857. The molecule has 3 heteroatoms. The second kappa shape index (κ2) is 5.53. The van der Waals surface area contributed by atoms with E-state index in [-0.39, 0.29) is 12.1 Å². The Hall–Kier alpha value is -0.800. The minimum Gasteiger partial charge on any atom is -0.490 e. The van der Waals surface area contributed by atoms with Crippen molar-refractivity contribution in [3.63, 3.8) is 0 Å². The van der Waals surface area contributed by atoms with Gasteiger partial charge in [0.1, 0.15) is 11.9 Å². The van der Waals surface area contributed by atoms with Gasteiger partial charge in [-0.15, -0.1) is 0 Å². The number of ether oxygens (including phenoxy) is 1. The number of nitrogens with two attached hydrogens (primary N) is 1. The Bertz CT molecular complexity index is 540. The van der Waals surface area contributed by atoms with Crippen LogP contribution in [-0.4, -0.2) is 6.10 Å². The molecule has 4 atom stereocenters. The molecule has 0 spiro atoms. The van der Waals surface area contributed by atoms with Crippen molar-refractivity contribution in [2.45, 2.75) is 45.3 Å². The van der Waals surface area contributed by atoms with E-state index in [2.05, 4.69) is 48.0 Å². The molecule has 1 aliphatic carbocycles. The molecule has 1 heterocycles. The topological polar surface area (TPSA) is 35.2 Å². The van der Waals surface area contributed by atoms with Crippen LogP contribution in [0, 0.1) is 11.8 Å². The molecule has 0 saturated carbocycles. The lowest BCUT2D eigenvalue weighted by Crippen LogP contribution is -2.37. The van der Waals surface area contributed by atoms with E-state index >= 15 is 0 Å². The Morgan fingerprint density at radius 3 is 2.85 bits per heavy atom. The fourth-order valence-electron chi connectivity index (χ4n) is 3.67. The van der Waals surface area contributed by atoms with E-state index in [0.717, 1.165) is 28.6 Å². The van der Waals surface area contributed by atoms with Crippen molar-refractivity contribution in [1.29, 1.82) is 0 Å². The summed E-state index contributed by atoms with van der Waals surface area (Å²) in [7, 11) is 0. The van der Waals surface area contributed by atoms with Gasteiger partial charge in [0.2, 0.25) is 0 Å². The summed E-state index contributed by atoms with van der Waals surface area (Å²) >= 11 is 3.52. The highest BCUT2D eigenvalue weighted by atomic mass is 79.9. The first kappa shape index (κ1) is 14.2. The third kappa shape index (κ3) is 2.79. The van der Waals surface area contributed by atoms with Crippen molar-refractivity contribution in [3.8, 4) is 5.75 Å². The summed E-state index contributed by atoms with van der Waals surface area (Å²) < 4.78 is 7.34. The summed E-state index contributed by atoms with van der Waals surface area (Å²) in [5.41, 5.74) is 8.98. The summed E-state index contributed by atoms with van der Waals surface area (Å²) in [4.78, 5) is 0. The van der Waals surface area contributed by atoms with Crippen LogP contribution in [0.5, 0.6) is 5.75 Å². The van der Waals surface area contributed by atoms with E-state index in [4.69, 9.17) is 10.5 Å². The summed E-state index contributed by atoms with van der Waals surface area (Å²) in [6, 6.07) is 6.27. The molecule has 0 bridgehead atoms.